The fourth-order valence-electron chi connectivity index (χ4n) is 4.13. The molecule has 0 N–H and O–H groups in total. The van der Waals surface area contributed by atoms with Crippen molar-refractivity contribution in [3.05, 3.63) is 91.3 Å². The van der Waals surface area contributed by atoms with Crippen LogP contribution in [-0.2, 0) is 16.0 Å². The number of ether oxygens (including phenoxy) is 2. The first-order chi connectivity index (χ1) is 18.8. The number of fused-ring (bicyclic) bond motifs is 2. The number of rotatable bonds is 9. The van der Waals surface area contributed by atoms with Crippen molar-refractivity contribution in [1.82, 2.24) is 14.0 Å². The van der Waals surface area contributed by atoms with Gasteiger partial charge in [0.25, 0.3) is 17.2 Å². The zero-order valence-electron chi connectivity index (χ0n) is 21.7. The van der Waals surface area contributed by atoms with Gasteiger partial charge in [0.15, 0.2) is 5.49 Å². The first-order valence-electron chi connectivity index (χ1n) is 12.4. The van der Waals surface area contributed by atoms with Crippen LogP contribution >= 0.6 is 0 Å². The minimum absolute atomic E-state index is 0.0364. The van der Waals surface area contributed by atoms with E-state index in [0.717, 1.165) is 5.56 Å². The Balaban J connectivity index is 2.04. The third-order valence-corrected chi connectivity index (χ3v) is 6.01. The van der Waals surface area contributed by atoms with Crippen LogP contribution < -0.4 is 11.0 Å². The zero-order chi connectivity index (χ0) is 28.1. The Bertz CT molecular complexity index is 1700. The fraction of sp³-hybridized carbons (Fsp3) is 0.296. The summed E-state index contributed by atoms with van der Waals surface area (Å²) in [7, 11) is 0. The van der Waals surface area contributed by atoms with Gasteiger partial charge in [-0.15, -0.1) is 0 Å². The molecule has 0 saturated carbocycles. The summed E-state index contributed by atoms with van der Waals surface area (Å²) in [6.07, 6.45) is 2.07. The van der Waals surface area contributed by atoms with Gasteiger partial charge in [0, 0.05) is 43.7 Å². The van der Waals surface area contributed by atoms with Gasteiger partial charge < -0.3 is 14.0 Å². The van der Waals surface area contributed by atoms with Crippen molar-refractivity contribution < 1.29 is 24.0 Å². The van der Waals surface area contributed by atoms with Crippen molar-refractivity contribution in [2.24, 2.45) is 4.99 Å². The van der Waals surface area contributed by atoms with Crippen LogP contribution in [0.25, 0.3) is 16.7 Å². The Labute approximate surface area is 222 Å². The molecule has 0 aliphatic carbocycles. The average molecular weight is 534 g/mol. The summed E-state index contributed by atoms with van der Waals surface area (Å²) in [5, 5.41) is 11.2. The molecule has 1 amide bonds. The summed E-state index contributed by atoms with van der Waals surface area (Å²) in [6.45, 7) is 6.51. The number of nitrogens with zero attached hydrogens (tertiary/aromatic N) is 5. The molecule has 12 nitrogen and oxygen atoms in total. The van der Waals surface area contributed by atoms with Crippen molar-refractivity contribution in [3.63, 3.8) is 0 Å². The van der Waals surface area contributed by atoms with Crippen LogP contribution in [0.4, 0.5) is 5.69 Å². The third-order valence-electron chi connectivity index (χ3n) is 6.01. The summed E-state index contributed by atoms with van der Waals surface area (Å²) >= 11 is 0. The van der Waals surface area contributed by atoms with E-state index in [2.05, 4.69) is 4.99 Å². The zero-order valence-corrected chi connectivity index (χ0v) is 21.7. The average Bonchev–Trinajstić information content (AvgIpc) is 2.92. The van der Waals surface area contributed by atoms with E-state index in [4.69, 9.17) is 14.5 Å². The summed E-state index contributed by atoms with van der Waals surface area (Å²) in [5.74, 6) is -1.50. The molecule has 0 radical (unpaired) electrons. The van der Waals surface area contributed by atoms with Gasteiger partial charge in [-0.1, -0.05) is 6.07 Å². The maximum Gasteiger partial charge on any atom is 0.341 e. The fourth-order valence-corrected chi connectivity index (χ4v) is 4.13. The lowest BCUT2D eigenvalue weighted by Gasteiger charge is -2.15. The van der Waals surface area contributed by atoms with E-state index in [1.54, 1.807) is 23.8 Å². The number of carbonyl (C=O) groups is 2. The van der Waals surface area contributed by atoms with Crippen LogP contribution in [0.2, 0.25) is 0 Å². The second kappa shape index (κ2) is 11.8. The molecule has 3 aromatic heterocycles. The van der Waals surface area contributed by atoms with Gasteiger partial charge in [-0.3, -0.25) is 24.1 Å². The summed E-state index contributed by atoms with van der Waals surface area (Å²) in [5.41, 5.74) is 0.816. The van der Waals surface area contributed by atoms with E-state index >= 15 is 0 Å². The van der Waals surface area contributed by atoms with Crippen LogP contribution in [-0.4, -0.2) is 50.6 Å². The maximum atomic E-state index is 13.5. The van der Waals surface area contributed by atoms with Crippen LogP contribution in [0.15, 0.2) is 58.4 Å². The van der Waals surface area contributed by atoms with Crippen LogP contribution in [0.5, 0.6) is 0 Å². The van der Waals surface area contributed by atoms with Crippen molar-refractivity contribution in [1.29, 1.82) is 0 Å². The first-order valence-corrected chi connectivity index (χ1v) is 12.4. The molecule has 3 heterocycles. The van der Waals surface area contributed by atoms with Gasteiger partial charge in [-0.05, 0) is 57.0 Å². The second-order valence-electron chi connectivity index (χ2n) is 8.56. The van der Waals surface area contributed by atoms with E-state index in [0.29, 0.717) is 25.3 Å². The Morgan fingerprint density at radius 2 is 1.85 bits per heavy atom. The van der Waals surface area contributed by atoms with Crippen molar-refractivity contribution in [2.45, 2.75) is 33.7 Å². The molecular weight excluding hydrogens is 506 g/mol. The highest BCUT2D eigenvalue weighted by Crippen LogP contribution is 2.16. The van der Waals surface area contributed by atoms with E-state index in [9.17, 15) is 24.5 Å². The number of benzene rings is 1. The van der Waals surface area contributed by atoms with E-state index in [-0.39, 0.29) is 46.5 Å². The van der Waals surface area contributed by atoms with Crippen molar-refractivity contribution in [2.75, 3.05) is 19.8 Å². The quantitative estimate of drug-likeness (QED) is 0.105. The highest BCUT2D eigenvalue weighted by Gasteiger charge is 2.21. The highest BCUT2D eigenvalue weighted by molar-refractivity contribution is 5.97. The van der Waals surface area contributed by atoms with Gasteiger partial charge >= 0.3 is 5.97 Å². The molecule has 4 aromatic rings. The standard InChI is InChI=1S/C27H27N5O7/c1-4-38-15-7-14-30-23-20(26(34)31-13-6-8-17(3)22(31)28-23)16-21(27(35)39-5-2)24(30)29-25(33)18-9-11-19(12-10-18)32(36)37/h6,8-13,16H,4-5,7,14-15H2,1-3H3. The predicted octanol–water partition coefficient (Wildman–Crippen LogP) is 3.21. The number of amides is 1. The molecule has 4 rings (SSSR count). The Morgan fingerprint density at radius 3 is 2.51 bits per heavy atom. The number of pyridine rings is 2. The number of hydrogen-bond acceptors (Lipinski definition) is 8. The number of aryl methyl sites for hydroxylation is 2. The number of non-ortho nitro benzene ring substituents is 1. The molecule has 0 spiro atoms. The molecule has 202 valence electrons. The van der Waals surface area contributed by atoms with Crippen LogP contribution in [0.1, 0.15) is 46.5 Å². The lowest BCUT2D eigenvalue weighted by molar-refractivity contribution is -0.384. The monoisotopic (exact) mass is 533 g/mol. The SMILES string of the molecule is CCOCCCn1c(=NC(=O)c2ccc([N+](=O)[O-])cc2)c(C(=O)OCC)cc2c(=O)n3cccc(C)c3nc21. The topological polar surface area (TPSA) is 147 Å². The van der Waals surface area contributed by atoms with Crippen molar-refractivity contribution in [3.8, 4) is 0 Å². The summed E-state index contributed by atoms with van der Waals surface area (Å²) in [4.78, 5) is 59.2. The molecule has 0 atom stereocenters. The number of esters is 1. The lowest BCUT2D eigenvalue weighted by atomic mass is 10.1. The molecule has 12 heteroatoms. The minimum atomic E-state index is -0.762. The van der Waals surface area contributed by atoms with Gasteiger partial charge in [0.2, 0.25) is 0 Å². The summed E-state index contributed by atoms with van der Waals surface area (Å²) in [6, 6.07) is 9.87. The number of carbonyl (C=O) groups excluding carboxylic acids is 2. The van der Waals surface area contributed by atoms with E-state index < -0.39 is 22.4 Å². The summed E-state index contributed by atoms with van der Waals surface area (Å²) < 4.78 is 13.7. The number of nitro groups is 1. The molecule has 0 unspecified atom stereocenters. The van der Waals surface area contributed by atoms with E-state index in [1.165, 1.54) is 34.7 Å². The Morgan fingerprint density at radius 1 is 1.10 bits per heavy atom. The Kier molecular flexibility index (Phi) is 8.25. The lowest BCUT2D eigenvalue weighted by Crippen LogP contribution is -2.33. The number of hydrogen-bond donors (Lipinski definition) is 0. The third kappa shape index (κ3) is 5.60. The molecule has 1 aromatic carbocycles. The van der Waals surface area contributed by atoms with Crippen LogP contribution in [0.3, 0.4) is 0 Å². The number of nitro benzene ring substituents is 1. The van der Waals surface area contributed by atoms with Gasteiger partial charge in [0.1, 0.15) is 16.9 Å². The Hall–Kier alpha value is -4.71. The maximum absolute atomic E-state index is 13.5. The molecule has 0 saturated heterocycles. The smallest absolute Gasteiger partial charge is 0.341 e. The van der Waals surface area contributed by atoms with Crippen molar-refractivity contribution >= 4 is 34.2 Å². The largest absolute Gasteiger partial charge is 0.462 e. The van der Waals surface area contributed by atoms with Crippen LogP contribution in [0, 0.1) is 17.0 Å². The number of aromatic nitrogens is 3. The minimum Gasteiger partial charge on any atom is -0.462 e. The van der Waals surface area contributed by atoms with Gasteiger partial charge in [-0.25, -0.2) is 9.78 Å². The molecule has 0 fully saturated rings. The highest BCUT2D eigenvalue weighted by atomic mass is 16.6. The molecule has 0 aliphatic heterocycles. The molecular formula is C27H27N5O7. The van der Waals surface area contributed by atoms with Gasteiger partial charge in [0.05, 0.1) is 16.9 Å². The van der Waals surface area contributed by atoms with E-state index in [1.807, 2.05) is 19.9 Å². The molecule has 0 aliphatic rings. The second-order valence-corrected chi connectivity index (χ2v) is 8.56. The first kappa shape index (κ1) is 27.3. The predicted molar refractivity (Wildman–Crippen MR) is 142 cm³/mol. The normalized spacial score (nSPS) is 11.7. The molecule has 0 bridgehead atoms. The molecule has 39 heavy (non-hydrogen) atoms. The van der Waals surface area contributed by atoms with Gasteiger partial charge in [-0.2, -0.15) is 4.99 Å².